The normalized spacial score (nSPS) is 22.9. The summed E-state index contributed by atoms with van der Waals surface area (Å²) in [5, 5.41) is 3.09. The fraction of sp³-hybridized carbons (Fsp3) is 0.611. The van der Waals surface area contributed by atoms with E-state index < -0.39 is 0 Å². The lowest BCUT2D eigenvalue weighted by atomic mass is 9.86. The van der Waals surface area contributed by atoms with Gasteiger partial charge in [-0.1, -0.05) is 61.7 Å². The molecule has 2 unspecified atom stereocenters. The van der Waals surface area contributed by atoms with Crippen LogP contribution >= 0.6 is 15.9 Å². The fourth-order valence-electron chi connectivity index (χ4n) is 2.84. The molecule has 0 heterocycles. The van der Waals surface area contributed by atoms with Crippen LogP contribution in [0.4, 0.5) is 0 Å². The SMILES string of the molecule is CC(C)(C)c1ccc(C(=O)NCC2CCCCC2Br)cc1. The molecule has 1 fully saturated rings. The van der Waals surface area contributed by atoms with Crippen molar-refractivity contribution in [2.75, 3.05) is 6.54 Å². The standard InChI is InChI=1S/C18H26BrNO/c1-18(2,3)15-10-8-13(9-11-15)17(21)20-12-14-6-4-5-7-16(14)19/h8-11,14,16H,4-7,12H2,1-3H3,(H,20,21). The predicted molar refractivity (Wildman–Crippen MR) is 92.1 cm³/mol. The maximum Gasteiger partial charge on any atom is 0.251 e. The van der Waals surface area contributed by atoms with E-state index in [4.69, 9.17) is 0 Å². The molecule has 116 valence electrons. The average Bonchev–Trinajstić information content (AvgIpc) is 2.45. The van der Waals surface area contributed by atoms with Crippen LogP contribution in [0.1, 0.15) is 62.4 Å². The van der Waals surface area contributed by atoms with Gasteiger partial charge in [-0.15, -0.1) is 0 Å². The molecular weight excluding hydrogens is 326 g/mol. The van der Waals surface area contributed by atoms with E-state index in [0.29, 0.717) is 10.7 Å². The smallest absolute Gasteiger partial charge is 0.251 e. The Kier molecular flexibility index (Phi) is 5.48. The molecule has 1 aliphatic carbocycles. The van der Waals surface area contributed by atoms with Gasteiger partial charge in [-0.2, -0.15) is 0 Å². The molecule has 1 aromatic rings. The molecule has 0 saturated heterocycles. The van der Waals surface area contributed by atoms with E-state index in [0.717, 1.165) is 12.1 Å². The Labute approximate surface area is 136 Å². The number of amides is 1. The second kappa shape index (κ2) is 6.95. The predicted octanol–water partition coefficient (Wildman–Crippen LogP) is 4.67. The monoisotopic (exact) mass is 351 g/mol. The Morgan fingerprint density at radius 2 is 1.81 bits per heavy atom. The van der Waals surface area contributed by atoms with Gasteiger partial charge in [0, 0.05) is 16.9 Å². The highest BCUT2D eigenvalue weighted by Gasteiger charge is 2.23. The first kappa shape index (κ1) is 16.5. The van der Waals surface area contributed by atoms with Crippen molar-refractivity contribution in [3.63, 3.8) is 0 Å². The molecule has 2 nitrogen and oxygen atoms in total. The van der Waals surface area contributed by atoms with Crippen LogP contribution in [0.15, 0.2) is 24.3 Å². The molecule has 0 aromatic heterocycles. The number of carbonyl (C=O) groups excluding carboxylic acids is 1. The van der Waals surface area contributed by atoms with Crippen molar-refractivity contribution in [3.8, 4) is 0 Å². The van der Waals surface area contributed by atoms with Crippen LogP contribution in [-0.2, 0) is 5.41 Å². The van der Waals surface area contributed by atoms with Crippen LogP contribution in [0.3, 0.4) is 0 Å². The van der Waals surface area contributed by atoms with Crippen molar-refractivity contribution < 1.29 is 4.79 Å². The van der Waals surface area contributed by atoms with Crippen molar-refractivity contribution in [2.45, 2.75) is 56.7 Å². The van der Waals surface area contributed by atoms with Crippen molar-refractivity contribution in [1.29, 1.82) is 0 Å². The van der Waals surface area contributed by atoms with E-state index in [1.54, 1.807) is 0 Å². The van der Waals surface area contributed by atoms with Crippen LogP contribution in [0, 0.1) is 5.92 Å². The van der Waals surface area contributed by atoms with Crippen LogP contribution < -0.4 is 5.32 Å². The zero-order valence-corrected chi connectivity index (χ0v) is 14.9. The Morgan fingerprint density at radius 1 is 1.19 bits per heavy atom. The quantitative estimate of drug-likeness (QED) is 0.787. The van der Waals surface area contributed by atoms with Crippen LogP contribution in [0.25, 0.3) is 0 Å². The van der Waals surface area contributed by atoms with Gasteiger partial charge < -0.3 is 5.32 Å². The largest absolute Gasteiger partial charge is 0.352 e. The van der Waals surface area contributed by atoms with Gasteiger partial charge in [0.25, 0.3) is 5.91 Å². The summed E-state index contributed by atoms with van der Waals surface area (Å²) in [4.78, 5) is 12.8. The summed E-state index contributed by atoms with van der Waals surface area (Å²) >= 11 is 3.74. The van der Waals surface area contributed by atoms with Crippen molar-refractivity contribution in [1.82, 2.24) is 5.32 Å². The Balaban J connectivity index is 1.91. The van der Waals surface area contributed by atoms with E-state index in [1.165, 1.54) is 31.2 Å². The molecule has 1 aliphatic rings. The number of hydrogen-bond acceptors (Lipinski definition) is 1. The van der Waals surface area contributed by atoms with Crippen molar-refractivity contribution in [3.05, 3.63) is 35.4 Å². The molecule has 0 radical (unpaired) electrons. The van der Waals surface area contributed by atoms with E-state index in [2.05, 4.69) is 54.2 Å². The number of rotatable bonds is 3. The first-order valence-electron chi connectivity index (χ1n) is 7.91. The second-order valence-corrected chi connectivity index (χ2v) is 8.27. The van der Waals surface area contributed by atoms with Gasteiger partial charge in [0.05, 0.1) is 0 Å². The van der Waals surface area contributed by atoms with Crippen molar-refractivity contribution in [2.24, 2.45) is 5.92 Å². The maximum absolute atomic E-state index is 12.2. The first-order chi connectivity index (χ1) is 9.88. The maximum atomic E-state index is 12.2. The Hall–Kier alpha value is -0.830. The molecule has 1 saturated carbocycles. The highest BCUT2D eigenvalue weighted by atomic mass is 79.9. The van der Waals surface area contributed by atoms with Gasteiger partial charge in [0.15, 0.2) is 0 Å². The minimum absolute atomic E-state index is 0.0423. The number of halogens is 1. The summed E-state index contributed by atoms with van der Waals surface area (Å²) in [6, 6.07) is 7.98. The molecular formula is C18H26BrNO. The zero-order valence-electron chi connectivity index (χ0n) is 13.3. The van der Waals surface area contributed by atoms with E-state index in [9.17, 15) is 4.79 Å². The molecule has 0 spiro atoms. The summed E-state index contributed by atoms with van der Waals surface area (Å²) in [5.41, 5.74) is 2.14. The molecule has 0 bridgehead atoms. The summed E-state index contributed by atoms with van der Waals surface area (Å²) in [6.45, 7) is 7.32. The minimum Gasteiger partial charge on any atom is -0.352 e. The lowest BCUT2D eigenvalue weighted by Gasteiger charge is -2.27. The molecule has 1 amide bonds. The molecule has 21 heavy (non-hydrogen) atoms. The summed E-state index contributed by atoms with van der Waals surface area (Å²) < 4.78 is 0. The molecule has 2 atom stereocenters. The number of benzene rings is 1. The second-order valence-electron chi connectivity index (χ2n) is 7.10. The Bertz CT molecular complexity index is 475. The molecule has 2 rings (SSSR count). The van der Waals surface area contributed by atoms with E-state index >= 15 is 0 Å². The van der Waals surface area contributed by atoms with Gasteiger partial charge in [0.2, 0.25) is 0 Å². The number of alkyl halides is 1. The van der Waals surface area contributed by atoms with Gasteiger partial charge >= 0.3 is 0 Å². The molecule has 1 aromatic carbocycles. The highest BCUT2D eigenvalue weighted by molar-refractivity contribution is 9.09. The Morgan fingerprint density at radius 3 is 2.38 bits per heavy atom. The van der Waals surface area contributed by atoms with Crippen LogP contribution in [0.5, 0.6) is 0 Å². The van der Waals surface area contributed by atoms with Gasteiger partial charge in [-0.05, 0) is 41.9 Å². The van der Waals surface area contributed by atoms with Crippen molar-refractivity contribution >= 4 is 21.8 Å². The minimum atomic E-state index is 0.0423. The lowest BCUT2D eigenvalue weighted by Crippen LogP contribution is -2.34. The van der Waals surface area contributed by atoms with E-state index in [-0.39, 0.29) is 11.3 Å². The number of hydrogen-bond donors (Lipinski definition) is 1. The third kappa shape index (κ3) is 4.57. The third-order valence-electron chi connectivity index (χ3n) is 4.35. The zero-order chi connectivity index (χ0) is 15.5. The molecule has 1 N–H and O–H groups in total. The van der Waals surface area contributed by atoms with Crippen LogP contribution in [-0.4, -0.2) is 17.3 Å². The lowest BCUT2D eigenvalue weighted by molar-refractivity contribution is 0.0944. The third-order valence-corrected chi connectivity index (χ3v) is 5.56. The van der Waals surface area contributed by atoms with Gasteiger partial charge in [-0.3, -0.25) is 4.79 Å². The number of nitrogens with one attached hydrogen (secondary N) is 1. The van der Waals surface area contributed by atoms with Gasteiger partial charge in [0.1, 0.15) is 0 Å². The average molecular weight is 352 g/mol. The summed E-state index contributed by atoms with van der Waals surface area (Å²) in [7, 11) is 0. The molecule has 3 heteroatoms. The van der Waals surface area contributed by atoms with Gasteiger partial charge in [-0.25, -0.2) is 0 Å². The van der Waals surface area contributed by atoms with E-state index in [1.807, 2.05) is 12.1 Å². The molecule has 0 aliphatic heterocycles. The van der Waals surface area contributed by atoms with Crippen LogP contribution in [0.2, 0.25) is 0 Å². The fourth-order valence-corrected chi connectivity index (χ4v) is 3.61. The highest BCUT2D eigenvalue weighted by Crippen LogP contribution is 2.29. The topological polar surface area (TPSA) is 29.1 Å². The summed E-state index contributed by atoms with van der Waals surface area (Å²) in [5.74, 6) is 0.609. The summed E-state index contributed by atoms with van der Waals surface area (Å²) in [6.07, 6.45) is 5.01. The number of carbonyl (C=O) groups is 1. The first-order valence-corrected chi connectivity index (χ1v) is 8.82.